The zero-order chi connectivity index (χ0) is 27.2. The minimum atomic E-state index is -4.49. The van der Waals surface area contributed by atoms with E-state index in [9.17, 15) is 22.4 Å². The highest BCUT2D eigenvalue weighted by Crippen LogP contribution is 2.33. The maximum Gasteiger partial charge on any atom is 0.408 e. The van der Waals surface area contributed by atoms with Gasteiger partial charge in [0.05, 0.1) is 26.6 Å². The van der Waals surface area contributed by atoms with Crippen LogP contribution in [0.3, 0.4) is 0 Å². The Kier molecular flexibility index (Phi) is 5.98. The van der Waals surface area contributed by atoms with Crippen LogP contribution in [0.15, 0.2) is 30.4 Å². The van der Waals surface area contributed by atoms with Crippen LogP contribution in [-0.2, 0) is 11.3 Å². The fourth-order valence-corrected chi connectivity index (χ4v) is 4.33. The Labute approximate surface area is 208 Å². The molecule has 1 fully saturated rings. The normalized spacial score (nSPS) is 18.9. The lowest BCUT2D eigenvalue weighted by atomic mass is 10.0. The highest BCUT2D eigenvalue weighted by atomic mass is 19.4. The van der Waals surface area contributed by atoms with Crippen LogP contribution in [-0.4, -0.2) is 90.7 Å². The van der Waals surface area contributed by atoms with Gasteiger partial charge in [0.2, 0.25) is 17.7 Å². The maximum absolute atomic E-state index is 14.8. The van der Waals surface area contributed by atoms with Crippen LogP contribution in [0.4, 0.5) is 23.5 Å². The first kappa shape index (κ1) is 23.4. The topological polar surface area (TPSA) is 123 Å². The molecule has 1 aliphatic heterocycles. The molecule has 0 unspecified atom stereocenters. The number of halogens is 4. The fourth-order valence-electron chi connectivity index (χ4n) is 4.33. The van der Waals surface area contributed by atoms with Crippen molar-refractivity contribution in [1.82, 2.24) is 34.5 Å². The van der Waals surface area contributed by atoms with Crippen molar-refractivity contribution < 1.29 is 33.6 Å². The molecule has 4 aromatic rings. The number of methoxy groups -OCH3 is 1. The second kappa shape index (κ2) is 9.46. The number of ether oxygens (including phenoxy) is 1. The Morgan fingerprint density at radius 3 is 2.86 bits per heavy atom. The summed E-state index contributed by atoms with van der Waals surface area (Å²) in [6.45, 7) is -1.97. The van der Waals surface area contributed by atoms with Crippen molar-refractivity contribution in [2.45, 2.75) is 31.4 Å². The molecule has 1 amide bonds. The molecule has 0 saturated carbocycles. The Balaban J connectivity index is 1.49. The van der Waals surface area contributed by atoms with Gasteiger partial charge in [0.15, 0.2) is 0 Å². The van der Waals surface area contributed by atoms with E-state index in [1.807, 2.05) is 0 Å². The molecule has 0 aliphatic carbocycles. The van der Waals surface area contributed by atoms with E-state index in [0.717, 1.165) is 4.68 Å². The van der Waals surface area contributed by atoms with Gasteiger partial charge in [0.1, 0.15) is 30.4 Å². The molecular weight excluding hydrogens is 500 g/mol. The summed E-state index contributed by atoms with van der Waals surface area (Å²) < 4.78 is 69.5. The van der Waals surface area contributed by atoms with E-state index in [-0.39, 0.29) is 54.1 Å². The molecule has 2 N–H and O–H groups in total. The van der Waals surface area contributed by atoms with Gasteiger partial charge in [-0.3, -0.25) is 4.79 Å². The number of hydrogen-bond donors (Lipinski definition) is 2. The number of nitrogens with one attached hydrogen (secondary N) is 1. The summed E-state index contributed by atoms with van der Waals surface area (Å²) in [5.74, 6) is -0.511. The molecular formula is C22H22F4N8O3. The lowest BCUT2D eigenvalue weighted by molar-refractivity contribution is -0.142. The Bertz CT molecular complexity index is 1510. The van der Waals surface area contributed by atoms with E-state index < -0.39 is 37.4 Å². The van der Waals surface area contributed by atoms with Crippen molar-refractivity contribution in [3.8, 4) is 17.0 Å². The Morgan fingerprint density at radius 1 is 1.35 bits per heavy atom. The standard InChI is InChI=1S/C22H22F4N8O3/c1-37-20-19-13(12-2-3-16-17(8-12)34(31-29-16)11-22(24,25)26)4-7-33(19)30-21(28-20)27-15-5-6-32(9-14(15)23)18(36)10-35/h2-4,7-8,14-15,35H,5-6,9-11H2,1H3,(H,27,30)/t14-,15+/m1/s1/i7D. The minimum Gasteiger partial charge on any atom is -0.479 e. The molecule has 2 atom stereocenters. The summed E-state index contributed by atoms with van der Waals surface area (Å²) in [5.41, 5.74) is 1.61. The predicted octanol–water partition coefficient (Wildman–Crippen LogP) is 2.06. The van der Waals surface area contributed by atoms with Crippen molar-refractivity contribution in [2.24, 2.45) is 0 Å². The summed E-state index contributed by atoms with van der Waals surface area (Å²) in [6, 6.07) is 5.37. The molecule has 37 heavy (non-hydrogen) atoms. The van der Waals surface area contributed by atoms with Crippen LogP contribution < -0.4 is 10.1 Å². The number of anilines is 1. The van der Waals surface area contributed by atoms with Gasteiger partial charge in [0, 0.05) is 18.3 Å². The second-order valence-corrected chi connectivity index (χ2v) is 8.51. The van der Waals surface area contributed by atoms with Crippen LogP contribution in [0.5, 0.6) is 5.88 Å². The second-order valence-electron chi connectivity index (χ2n) is 8.51. The van der Waals surface area contributed by atoms with Crippen molar-refractivity contribution in [3.05, 3.63) is 30.4 Å². The zero-order valence-corrected chi connectivity index (χ0v) is 19.4. The van der Waals surface area contributed by atoms with E-state index >= 15 is 0 Å². The average Bonchev–Trinajstić information content (AvgIpc) is 3.43. The lowest BCUT2D eigenvalue weighted by Crippen LogP contribution is -2.50. The van der Waals surface area contributed by atoms with E-state index in [0.29, 0.717) is 11.1 Å². The summed E-state index contributed by atoms with van der Waals surface area (Å²) in [5, 5.41) is 23.6. The van der Waals surface area contributed by atoms with Crippen LogP contribution in [0.2, 0.25) is 0 Å². The first-order chi connectivity index (χ1) is 18.1. The number of aliphatic hydroxyl groups excluding tert-OH is 1. The molecule has 5 rings (SSSR count). The smallest absolute Gasteiger partial charge is 0.408 e. The number of aromatic nitrogens is 6. The average molecular weight is 523 g/mol. The Hall–Kier alpha value is -4.01. The zero-order valence-electron chi connectivity index (χ0n) is 20.4. The van der Waals surface area contributed by atoms with Crippen LogP contribution in [0.25, 0.3) is 27.7 Å². The number of fused-ring (bicyclic) bond motifs is 2. The summed E-state index contributed by atoms with van der Waals surface area (Å²) >= 11 is 0. The lowest BCUT2D eigenvalue weighted by Gasteiger charge is -2.34. The molecule has 15 heteroatoms. The van der Waals surface area contributed by atoms with Crippen LogP contribution >= 0.6 is 0 Å². The molecule has 0 bridgehead atoms. The van der Waals surface area contributed by atoms with E-state index in [1.54, 1.807) is 6.07 Å². The number of carbonyl (C=O) groups excluding carboxylic acids is 1. The van der Waals surface area contributed by atoms with Crippen molar-refractivity contribution >= 4 is 28.4 Å². The number of aliphatic hydroxyl groups is 1. The molecule has 1 aromatic carbocycles. The number of piperidine rings is 1. The molecule has 11 nitrogen and oxygen atoms in total. The van der Waals surface area contributed by atoms with Gasteiger partial charge < -0.3 is 20.1 Å². The number of nitrogens with zero attached hydrogens (tertiary/aromatic N) is 7. The van der Waals surface area contributed by atoms with Gasteiger partial charge in [-0.05, 0) is 30.2 Å². The maximum atomic E-state index is 14.8. The van der Waals surface area contributed by atoms with Gasteiger partial charge in [-0.2, -0.15) is 18.2 Å². The molecule has 1 aliphatic rings. The van der Waals surface area contributed by atoms with Crippen LogP contribution in [0, 0.1) is 0 Å². The largest absolute Gasteiger partial charge is 0.479 e. The summed E-state index contributed by atoms with van der Waals surface area (Å²) in [7, 11) is 1.36. The van der Waals surface area contributed by atoms with Gasteiger partial charge >= 0.3 is 6.18 Å². The highest BCUT2D eigenvalue weighted by molar-refractivity contribution is 5.89. The van der Waals surface area contributed by atoms with Crippen LogP contribution in [0.1, 0.15) is 7.79 Å². The molecule has 196 valence electrons. The molecule has 1 saturated heterocycles. The summed E-state index contributed by atoms with van der Waals surface area (Å²) in [6.07, 6.45) is -5.78. The number of rotatable bonds is 6. The van der Waals surface area contributed by atoms with Gasteiger partial charge in [0.25, 0.3) is 0 Å². The number of alkyl halides is 4. The minimum absolute atomic E-state index is 0.0116. The first-order valence-corrected chi connectivity index (χ1v) is 11.2. The van der Waals surface area contributed by atoms with Gasteiger partial charge in [-0.1, -0.05) is 11.3 Å². The third kappa shape index (κ3) is 4.85. The predicted molar refractivity (Wildman–Crippen MR) is 123 cm³/mol. The Morgan fingerprint density at radius 2 is 2.16 bits per heavy atom. The number of hydrogen-bond acceptors (Lipinski definition) is 8. The quantitative estimate of drug-likeness (QED) is 0.369. The fraction of sp³-hybridized carbons (Fsp3) is 0.409. The van der Waals surface area contributed by atoms with Gasteiger partial charge in [-0.25, -0.2) is 13.6 Å². The first-order valence-electron chi connectivity index (χ1n) is 11.7. The molecule has 3 aromatic heterocycles. The van der Waals surface area contributed by atoms with E-state index in [1.165, 1.54) is 34.7 Å². The number of amides is 1. The van der Waals surface area contributed by atoms with Crippen molar-refractivity contribution in [3.63, 3.8) is 0 Å². The number of carbonyl (C=O) groups is 1. The molecule has 0 spiro atoms. The van der Waals surface area contributed by atoms with E-state index in [2.05, 4.69) is 25.7 Å². The van der Waals surface area contributed by atoms with Crippen molar-refractivity contribution in [2.75, 3.05) is 32.1 Å². The number of likely N-dealkylation sites (tertiary alicyclic amines) is 1. The third-order valence-electron chi connectivity index (χ3n) is 6.09. The third-order valence-corrected chi connectivity index (χ3v) is 6.09. The SMILES string of the molecule is [2H]c1cc(-c2ccc3nnn(CC(F)(F)F)c3c2)c2c(OC)nc(N[C@H]3CCN(C(=O)CO)C[C@H]3F)nn12. The monoisotopic (exact) mass is 523 g/mol. The van der Waals surface area contributed by atoms with E-state index in [4.69, 9.17) is 11.2 Å². The van der Waals surface area contributed by atoms with Crippen molar-refractivity contribution in [1.29, 1.82) is 0 Å². The highest BCUT2D eigenvalue weighted by Gasteiger charge is 2.32. The number of benzene rings is 1. The van der Waals surface area contributed by atoms with Gasteiger partial charge in [-0.15, -0.1) is 10.2 Å². The molecule has 0 radical (unpaired) electrons. The summed E-state index contributed by atoms with van der Waals surface area (Å²) in [4.78, 5) is 17.2. The molecule has 4 heterocycles.